The van der Waals surface area contributed by atoms with E-state index in [-0.39, 0.29) is 17.3 Å². The summed E-state index contributed by atoms with van der Waals surface area (Å²) in [5.74, 6) is 0.300. The van der Waals surface area contributed by atoms with Crippen LogP contribution in [0, 0.1) is 5.92 Å². The van der Waals surface area contributed by atoms with Gasteiger partial charge in [0.15, 0.2) is 0 Å². The van der Waals surface area contributed by atoms with Crippen LogP contribution in [-0.2, 0) is 16.1 Å². The van der Waals surface area contributed by atoms with E-state index in [2.05, 4.69) is 29.4 Å². The fourth-order valence-electron chi connectivity index (χ4n) is 1.68. The molecule has 0 radical (unpaired) electrons. The van der Waals surface area contributed by atoms with Gasteiger partial charge >= 0.3 is 5.97 Å². The summed E-state index contributed by atoms with van der Waals surface area (Å²) in [7, 11) is 0. The molecule has 6 nitrogen and oxygen atoms in total. The van der Waals surface area contributed by atoms with Crippen LogP contribution in [0.15, 0.2) is 5.16 Å². The summed E-state index contributed by atoms with van der Waals surface area (Å²) in [4.78, 5) is 11.5. The second kappa shape index (κ2) is 5.03. The van der Waals surface area contributed by atoms with Crippen molar-refractivity contribution in [2.45, 2.75) is 50.2 Å². The monoisotopic (exact) mass is 256 g/mol. The number of ether oxygens (including phenoxy) is 1. The lowest BCUT2D eigenvalue weighted by Crippen LogP contribution is -2.13. The molecule has 94 valence electrons. The summed E-state index contributed by atoms with van der Waals surface area (Å²) < 4.78 is 6.85. The number of carbonyl (C=O) groups is 1. The van der Waals surface area contributed by atoms with Crippen molar-refractivity contribution in [3.05, 3.63) is 0 Å². The summed E-state index contributed by atoms with van der Waals surface area (Å²) in [6, 6.07) is 0. The van der Waals surface area contributed by atoms with Crippen molar-refractivity contribution in [3.8, 4) is 0 Å². The minimum atomic E-state index is -0.179. The molecule has 0 amide bonds. The third kappa shape index (κ3) is 2.96. The van der Waals surface area contributed by atoms with Gasteiger partial charge in [-0.3, -0.25) is 4.79 Å². The Hall–Kier alpha value is -1.11. The Balaban J connectivity index is 2.03. The molecule has 1 aliphatic rings. The average molecular weight is 256 g/mol. The van der Waals surface area contributed by atoms with E-state index in [0.717, 1.165) is 13.0 Å². The van der Waals surface area contributed by atoms with Crippen molar-refractivity contribution < 1.29 is 9.53 Å². The first kappa shape index (κ1) is 12.3. The summed E-state index contributed by atoms with van der Waals surface area (Å²) >= 11 is 1.39. The lowest BCUT2D eigenvalue weighted by molar-refractivity contribution is -0.140. The zero-order valence-electron chi connectivity index (χ0n) is 10.2. The predicted octanol–water partition coefficient (Wildman–Crippen LogP) is 1.13. The van der Waals surface area contributed by atoms with E-state index >= 15 is 0 Å². The number of hydrogen-bond acceptors (Lipinski definition) is 6. The Kier molecular flexibility index (Phi) is 3.66. The van der Waals surface area contributed by atoms with Crippen LogP contribution in [0.4, 0.5) is 0 Å². The molecule has 1 aromatic rings. The van der Waals surface area contributed by atoms with Crippen molar-refractivity contribution in [2.75, 3.05) is 0 Å². The molecule has 0 N–H and O–H groups in total. The standard InChI is InChI=1S/C10H16N4O2S/c1-6(2)5-14-10(11-12-13-14)17-8-4-7(3)16-9(8)15/h6-8H,4-5H2,1-3H3/t7-,8+/m0/s1. The molecule has 1 aliphatic heterocycles. The van der Waals surface area contributed by atoms with Gasteiger partial charge in [0.25, 0.3) is 0 Å². The molecule has 0 unspecified atom stereocenters. The van der Waals surface area contributed by atoms with Gasteiger partial charge in [0.1, 0.15) is 11.4 Å². The zero-order chi connectivity index (χ0) is 12.4. The molecule has 1 aromatic heterocycles. The Morgan fingerprint density at radius 1 is 1.59 bits per heavy atom. The molecule has 0 aromatic carbocycles. The van der Waals surface area contributed by atoms with Crippen molar-refractivity contribution in [1.82, 2.24) is 20.2 Å². The van der Waals surface area contributed by atoms with Gasteiger partial charge in [-0.25, -0.2) is 4.68 Å². The lowest BCUT2D eigenvalue weighted by Gasteiger charge is -2.08. The third-order valence-corrected chi connectivity index (χ3v) is 3.58. The molecule has 2 atom stereocenters. The summed E-state index contributed by atoms with van der Waals surface area (Å²) in [5, 5.41) is 12.0. The highest BCUT2D eigenvalue weighted by molar-refractivity contribution is 8.00. The van der Waals surface area contributed by atoms with E-state index in [1.165, 1.54) is 11.8 Å². The Morgan fingerprint density at radius 3 is 2.94 bits per heavy atom. The fourth-order valence-corrected chi connectivity index (χ4v) is 2.77. The number of aromatic nitrogens is 4. The molecule has 2 rings (SSSR count). The first-order valence-electron chi connectivity index (χ1n) is 5.69. The molecule has 1 fully saturated rings. The average Bonchev–Trinajstić information content (AvgIpc) is 2.75. The third-order valence-electron chi connectivity index (χ3n) is 2.41. The van der Waals surface area contributed by atoms with E-state index < -0.39 is 0 Å². The Bertz CT molecular complexity index is 407. The summed E-state index contributed by atoms with van der Waals surface area (Å²) in [6.07, 6.45) is 0.715. The zero-order valence-corrected chi connectivity index (χ0v) is 11.0. The first-order chi connectivity index (χ1) is 8.06. The maximum absolute atomic E-state index is 11.5. The summed E-state index contributed by atoms with van der Waals surface area (Å²) in [6.45, 7) is 6.85. The van der Waals surface area contributed by atoms with Crippen LogP contribution in [0.3, 0.4) is 0 Å². The number of carbonyl (C=O) groups excluding carboxylic acids is 1. The highest BCUT2D eigenvalue weighted by Crippen LogP contribution is 2.30. The van der Waals surface area contributed by atoms with E-state index in [1.54, 1.807) is 4.68 Å². The first-order valence-corrected chi connectivity index (χ1v) is 6.57. The van der Waals surface area contributed by atoms with Gasteiger partial charge < -0.3 is 4.74 Å². The normalized spacial score (nSPS) is 24.4. The van der Waals surface area contributed by atoms with Crippen LogP contribution in [0.25, 0.3) is 0 Å². The lowest BCUT2D eigenvalue weighted by atomic mass is 10.2. The van der Waals surface area contributed by atoms with E-state index in [0.29, 0.717) is 11.1 Å². The van der Waals surface area contributed by atoms with E-state index in [4.69, 9.17) is 4.74 Å². The van der Waals surface area contributed by atoms with Crippen LogP contribution >= 0.6 is 11.8 Å². The number of nitrogens with zero attached hydrogens (tertiary/aromatic N) is 4. The van der Waals surface area contributed by atoms with Crippen molar-refractivity contribution in [3.63, 3.8) is 0 Å². The van der Waals surface area contributed by atoms with Crippen LogP contribution < -0.4 is 0 Å². The van der Waals surface area contributed by atoms with Gasteiger partial charge in [-0.1, -0.05) is 25.6 Å². The molecule has 0 spiro atoms. The molecule has 0 saturated carbocycles. The Labute approximate surface area is 104 Å². The molecule has 7 heteroatoms. The second-order valence-corrected chi connectivity index (χ2v) is 5.80. The largest absolute Gasteiger partial charge is 0.462 e. The minimum Gasteiger partial charge on any atom is -0.462 e. The number of esters is 1. The van der Waals surface area contributed by atoms with Crippen molar-refractivity contribution in [2.24, 2.45) is 5.92 Å². The van der Waals surface area contributed by atoms with Crippen LogP contribution in [0.5, 0.6) is 0 Å². The van der Waals surface area contributed by atoms with Crippen LogP contribution in [0.2, 0.25) is 0 Å². The topological polar surface area (TPSA) is 69.9 Å². The number of hydrogen-bond donors (Lipinski definition) is 0. The molecule has 0 aliphatic carbocycles. The quantitative estimate of drug-likeness (QED) is 0.752. The highest BCUT2D eigenvalue weighted by Gasteiger charge is 2.34. The molecule has 1 saturated heterocycles. The second-order valence-electron chi connectivity index (χ2n) is 4.63. The van der Waals surface area contributed by atoms with Crippen LogP contribution in [-0.4, -0.2) is 37.5 Å². The Morgan fingerprint density at radius 2 is 2.35 bits per heavy atom. The summed E-state index contributed by atoms with van der Waals surface area (Å²) in [5.41, 5.74) is 0. The number of cyclic esters (lactones) is 1. The predicted molar refractivity (Wildman–Crippen MR) is 62.5 cm³/mol. The molecular formula is C10H16N4O2S. The van der Waals surface area contributed by atoms with Gasteiger partial charge in [0, 0.05) is 13.0 Å². The van der Waals surface area contributed by atoms with E-state index in [1.807, 2.05) is 6.92 Å². The maximum Gasteiger partial charge on any atom is 0.319 e. The molecular weight excluding hydrogens is 240 g/mol. The smallest absolute Gasteiger partial charge is 0.319 e. The van der Waals surface area contributed by atoms with Crippen molar-refractivity contribution >= 4 is 17.7 Å². The number of tetrazole rings is 1. The van der Waals surface area contributed by atoms with Crippen molar-refractivity contribution in [1.29, 1.82) is 0 Å². The minimum absolute atomic E-state index is 0.00516. The van der Waals surface area contributed by atoms with Gasteiger partial charge in [-0.15, -0.1) is 5.10 Å². The number of rotatable bonds is 4. The SMILES string of the molecule is CC(C)Cn1nnnc1S[C@@H]1C[C@H](C)OC1=O. The fraction of sp³-hybridized carbons (Fsp3) is 0.800. The van der Waals surface area contributed by atoms with Gasteiger partial charge in [0.05, 0.1) is 0 Å². The van der Waals surface area contributed by atoms with E-state index in [9.17, 15) is 4.79 Å². The molecule has 17 heavy (non-hydrogen) atoms. The van der Waals surface area contributed by atoms with Gasteiger partial charge in [-0.2, -0.15) is 0 Å². The van der Waals surface area contributed by atoms with Gasteiger partial charge in [0.2, 0.25) is 5.16 Å². The van der Waals surface area contributed by atoms with Gasteiger partial charge in [-0.05, 0) is 23.3 Å². The highest BCUT2D eigenvalue weighted by atomic mass is 32.2. The molecule has 2 heterocycles. The maximum atomic E-state index is 11.5. The number of thioether (sulfide) groups is 1. The molecule has 0 bridgehead atoms. The van der Waals surface area contributed by atoms with Crippen LogP contribution in [0.1, 0.15) is 27.2 Å².